The molecule has 4 heteroatoms. The molecular formula is C20H27ClN2S. The minimum Gasteiger partial charge on any atom is -0.338 e. The molecule has 1 aliphatic heterocycles. The third-order valence-corrected chi connectivity index (χ3v) is 5.39. The van der Waals surface area contributed by atoms with Crippen molar-refractivity contribution in [2.24, 2.45) is 0 Å². The first kappa shape index (κ1) is 19.2. The standard InChI is InChI=1S/C20H26N2S.ClH/c1-20(2,3)15-10-11-19-17(14-15)22(13-12-21(4)5)16-8-6-7-9-18(16)23-19;/h6-11,14H,12-13H2,1-5H3;1H. The number of benzene rings is 2. The van der Waals surface area contributed by atoms with Crippen LogP contribution in [0.5, 0.6) is 0 Å². The molecule has 0 atom stereocenters. The lowest BCUT2D eigenvalue weighted by atomic mass is 9.87. The van der Waals surface area contributed by atoms with Gasteiger partial charge in [0.2, 0.25) is 0 Å². The van der Waals surface area contributed by atoms with E-state index in [1.54, 1.807) is 0 Å². The van der Waals surface area contributed by atoms with Crippen LogP contribution in [-0.4, -0.2) is 32.1 Å². The highest BCUT2D eigenvalue weighted by Crippen LogP contribution is 2.48. The Hall–Kier alpha value is -1.16. The highest BCUT2D eigenvalue weighted by molar-refractivity contribution is 7.99. The molecule has 0 bridgehead atoms. The summed E-state index contributed by atoms with van der Waals surface area (Å²) in [5.74, 6) is 0. The van der Waals surface area contributed by atoms with Crippen LogP contribution < -0.4 is 4.90 Å². The van der Waals surface area contributed by atoms with E-state index < -0.39 is 0 Å². The molecule has 0 unspecified atom stereocenters. The normalized spacial score (nSPS) is 13.3. The second kappa shape index (κ2) is 7.38. The molecule has 0 aliphatic carbocycles. The number of rotatable bonds is 3. The van der Waals surface area contributed by atoms with Crippen LogP contribution in [0.25, 0.3) is 0 Å². The predicted octanol–water partition coefficient (Wildman–Crippen LogP) is 5.57. The molecule has 0 fully saturated rings. The number of hydrogen-bond donors (Lipinski definition) is 0. The lowest BCUT2D eigenvalue weighted by Crippen LogP contribution is -2.30. The molecule has 2 aromatic carbocycles. The van der Waals surface area contributed by atoms with Gasteiger partial charge in [-0.3, -0.25) is 0 Å². The lowest BCUT2D eigenvalue weighted by molar-refractivity contribution is 0.418. The summed E-state index contributed by atoms with van der Waals surface area (Å²) < 4.78 is 0. The van der Waals surface area contributed by atoms with E-state index in [1.807, 2.05) is 11.8 Å². The minimum absolute atomic E-state index is 0. The summed E-state index contributed by atoms with van der Waals surface area (Å²) in [6, 6.07) is 15.7. The molecule has 0 saturated carbocycles. The predicted molar refractivity (Wildman–Crippen MR) is 109 cm³/mol. The summed E-state index contributed by atoms with van der Waals surface area (Å²) in [6.45, 7) is 8.89. The monoisotopic (exact) mass is 362 g/mol. The van der Waals surface area contributed by atoms with E-state index in [9.17, 15) is 0 Å². The Bertz CT molecular complexity index is 707. The van der Waals surface area contributed by atoms with Crippen molar-refractivity contribution in [1.29, 1.82) is 0 Å². The highest BCUT2D eigenvalue weighted by atomic mass is 35.5. The Kier molecular flexibility index (Phi) is 5.90. The molecule has 0 spiro atoms. The zero-order chi connectivity index (χ0) is 16.6. The summed E-state index contributed by atoms with van der Waals surface area (Å²) in [5, 5.41) is 0. The van der Waals surface area contributed by atoms with Crippen molar-refractivity contribution in [3.05, 3.63) is 48.0 Å². The second-order valence-electron chi connectivity index (χ2n) is 7.46. The van der Waals surface area contributed by atoms with Gasteiger partial charge in [0.05, 0.1) is 11.4 Å². The maximum Gasteiger partial charge on any atom is 0.0556 e. The second-order valence-corrected chi connectivity index (χ2v) is 8.54. The Balaban J connectivity index is 0.00000208. The van der Waals surface area contributed by atoms with Gasteiger partial charge < -0.3 is 9.80 Å². The number of hydrogen-bond acceptors (Lipinski definition) is 3. The van der Waals surface area contributed by atoms with Crippen molar-refractivity contribution in [3.8, 4) is 0 Å². The van der Waals surface area contributed by atoms with E-state index in [-0.39, 0.29) is 17.8 Å². The first-order chi connectivity index (χ1) is 10.9. The van der Waals surface area contributed by atoms with Gasteiger partial charge in [0.15, 0.2) is 0 Å². The van der Waals surface area contributed by atoms with E-state index in [2.05, 4.69) is 87.1 Å². The van der Waals surface area contributed by atoms with Gasteiger partial charge in [0.1, 0.15) is 0 Å². The first-order valence-electron chi connectivity index (χ1n) is 8.20. The zero-order valence-electron chi connectivity index (χ0n) is 15.2. The fraction of sp³-hybridized carbons (Fsp3) is 0.400. The van der Waals surface area contributed by atoms with Crippen LogP contribution in [-0.2, 0) is 5.41 Å². The highest BCUT2D eigenvalue weighted by Gasteiger charge is 2.25. The van der Waals surface area contributed by atoms with Crippen LogP contribution in [0.3, 0.4) is 0 Å². The summed E-state index contributed by atoms with van der Waals surface area (Å²) in [7, 11) is 4.27. The van der Waals surface area contributed by atoms with Gasteiger partial charge in [0.25, 0.3) is 0 Å². The molecule has 3 rings (SSSR count). The Labute approximate surface area is 156 Å². The number of halogens is 1. The summed E-state index contributed by atoms with van der Waals surface area (Å²) in [4.78, 5) is 7.44. The topological polar surface area (TPSA) is 6.48 Å². The van der Waals surface area contributed by atoms with Gasteiger partial charge in [-0.1, -0.05) is 50.7 Å². The van der Waals surface area contributed by atoms with Crippen molar-refractivity contribution in [1.82, 2.24) is 4.90 Å². The lowest BCUT2D eigenvalue weighted by Gasteiger charge is -2.35. The quantitative estimate of drug-likeness (QED) is 0.704. The van der Waals surface area contributed by atoms with Gasteiger partial charge in [-0.05, 0) is 49.3 Å². The molecule has 1 aliphatic rings. The molecular weight excluding hydrogens is 336 g/mol. The first-order valence-corrected chi connectivity index (χ1v) is 9.01. The van der Waals surface area contributed by atoms with Crippen molar-refractivity contribution < 1.29 is 0 Å². The van der Waals surface area contributed by atoms with Crippen LogP contribution >= 0.6 is 24.2 Å². The maximum atomic E-state index is 2.48. The average molecular weight is 363 g/mol. The van der Waals surface area contributed by atoms with E-state index >= 15 is 0 Å². The van der Waals surface area contributed by atoms with E-state index in [1.165, 1.54) is 26.7 Å². The number of fused-ring (bicyclic) bond motifs is 2. The van der Waals surface area contributed by atoms with Gasteiger partial charge >= 0.3 is 0 Å². The molecule has 0 radical (unpaired) electrons. The van der Waals surface area contributed by atoms with Gasteiger partial charge in [-0.15, -0.1) is 12.4 Å². The number of nitrogens with zero attached hydrogens (tertiary/aromatic N) is 2. The van der Waals surface area contributed by atoms with Crippen LogP contribution in [0.2, 0.25) is 0 Å². The fourth-order valence-electron chi connectivity index (χ4n) is 2.84. The van der Waals surface area contributed by atoms with Crippen molar-refractivity contribution in [2.45, 2.75) is 36.0 Å². The molecule has 130 valence electrons. The van der Waals surface area contributed by atoms with Crippen LogP contribution in [0.1, 0.15) is 26.3 Å². The Morgan fingerprint density at radius 3 is 2.29 bits per heavy atom. The van der Waals surface area contributed by atoms with E-state index in [4.69, 9.17) is 0 Å². The molecule has 0 saturated heterocycles. The molecule has 0 amide bonds. The van der Waals surface area contributed by atoms with E-state index in [0.717, 1.165) is 13.1 Å². The molecule has 2 nitrogen and oxygen atoms in total. The average Bonchev–Trinajstić information content (AvgIpc) is 2.49. The summed E-state index contributed by atoms with van der Waals surface area (Å²) >= 11 is 1.88. The summed E-state index contributed by atoms with van der Waals surface area (Å²) in [5.41, 5.74) is 4.25. The van der Waals surface area contributed by atoms with Crippen molar-refractivity contribution in [3.63, 3.8) is 0 Å². The van der Waals surface area contributed by atoms with Crippen LogP contribution in [0.15, 0.2) is 52.3 Å². The van der Waals surface area contributed by atoms with E-state index in [0.29, 0.717) is 0 Å². The fourth-order valence-corrected chi connectivity index (χ4v) is 3.91. The van der Waals surface area contributed by atoms with Gasteiger partial charge in [0, 0.05) is 22.9 Å². The molecule has 1 heterocycles. The van der Waals surface area contributed by atoms with Crippen LogP contribution in [0, 0.1) is 0 Å². The zero-order valence-corrected chi connectivity index (χ0v) is 16.8. The number of anilines is 2. The SMILES string of the molecule is CN(C)CCN1c2ccccc2Sc2ccc(C(C)(C)C)cc21.Cl. The molecule has 0 N–H and O–H groups in total. The third-order valence-electron chi connectivity index (χ3n) is 4.26. The Morgan fingerprint density at radius 1 is 0.958 bits per heavy atom. The van der Waals surface area contributed by atoms with Crippen molar-refractivity contribution >= 4 is 35.5 Å². The smallest absolute Gasteiger partial charge is 0.0556 e. The van der Waals surface area contributed by atoms with Crippen molar-refractivity contribution in [2.75, 3.05) is 32.1 Å². The largest absolute Gasteiger partial charge is 0.338 e. The number of likely N-dealkylation sites (N-methyl/N-ethyl adjacent to an activating group) is 1. The molecule has 24 heavy (non-hydrogen) atoms. The van der Waals surface area contributed by atoms with Gasteiger partial charge in [-0.2, -0.15) is 0 Å². The minimum atomic E-state index is 0. The molecule has 2 aromatic rings. The Morgan fingerprint density at radius 2 is 1.62 bits per heavy atom. The third kappa shape index (κ3) is 3.90. The maximum absolute atomic E-state index is 2.48. The molecule has 0 aromatic heterocycles. The van der Waals surface area contributed by atoms with Gasteiger partial charge in [-0.25, -0.2) is 0 Å². The number of para-hydroxylation sites is 1. The summed E-state index contributed by atoms with van der Waals surface area (Å²) in [6.07, 6.45) is 0. The van der Waals surface area contributed by atoms with Crippen LogP contribution in [0.4, 0.5) is 11.4 Å².